The number of benzene rings is 1. The third kappa shape index (κ3) is 11.6. The van der Waals surface area contributed by atoms with Gasteiger partial charge in [0.05, 0.1) is 8.07 Å². The lowest BCUT2D eigenvalue weighted by Crippen LogP contribution is -2.40. The summed E-state index contributed by atoms with van der Waals surface area (Å²) >= 11 is 0. The quantitative estimate of drug-likeness (QED) is 0.208. The summed E-state index contributed by atoms with van der Waals surface area (Å²) in [4.78, 5) is 0. The summed E-state index contributed by atoms with van der Waals surface area (Å²) in [6, 6.07) is 12.7. The third-order valence-electron chi connectivity index (χ3n) is 5.61. The molecule has 1 aromatic carbocycles. The normalized spacial score (nSPS) is 11.8. The maximum Gasteiger partial charge on any atom is 0.0806 e. The third-order valence-corrected chi connectivity index (χ3v) is 9.11. The lowest BCUT2D eigenvalue weighted by atomic mass is 10.0. The molecule has 143 valence electrons. The van der Waals surface area contributed by atoms with Crippen LogP contribution < -0.4 is 5.19 Å². The molecular weight excluding hydrogens is 316 g/mol. The van der Waals surface area contributed by atoms with E-state index in [2.05, 4.69) is 50.3 Å². The molecule has 0 aromatic heterocycles. The number of hydrogen-bond acceptors (Lipinski definition) is 0. The summed E-state index contributed by atoms with van der Waals surface area (Å²) < 4.78 is 0. The fraction of sp³-hybridized carbons (Fsp3) is 0.708. The van der Waals surface area contributed by atoms with E-state index in [4.69, 9.17) is 0 Å². The lowest BCUT2D eigenvalue weighted by molar-refractivity contribution is 0.539. The van der Waals surface area contributed by atoms with E-state index < -0.39 is 8.07 Å². The maximum atomic E-state index is 3.91. The highest BCUT2D eigenvalue weighted by molar-refractivity contribution is 6.89. The molecule has 0 amide bonds. The summed E-state index contributed by atoms with van der Waals surface area (Å²) in [5.41, 5.74) is 0. The molecule has 0 bridgehead atoms. The zero-order valence-electron chi connectivity index (χ0n) is 17.2. The highest BCUT2D eigenvalue weighted by Gasteiger charge is 2.21. The average Bonchev–Trinajstić information content (AvgIpc) is 2.63. The summed E-state index contributed by atoms with van der Waals surface area (Å²) in [6.07, 6.45) is 19.8. The molecular formula is C24H43Si. The van der Waals surface area contributed by atoms with E-state index >= 15 is 0 Å². The fourth-order valence-corrected chi connectivity index (χ4v) is 6.24. The molecule has 0 aliphatic carbocycles. The minimum Gasteiger partial charge on any atom is -0.0654 e. The number of unbranched alkanes of at least 4 members (excludes halogenated alkanes) is 13. The highest BCUT2D eigenvalue weighted by Crippen LogP contribution is 2.17. The van der Waals surface area contributed by atoms with Crippen molar-refractivity contribution in [3.63, 3.8) is 0 Å². The van der Waals surface area contributed by atoms with Crippen LogP contribution in [0.4, 0.5) is 0 Å². The van der Waals surface area contributed by atoms with Gasteiger partial charge in [0.2, 0.25) is 0 Å². The van der Waals surface area contributed by atoms with Gasteiger partial charge in [0.15, 0.2) is 0 Å². The molecule has 0 aliphatic heterocycles. The molecule has 0 atom stereocenters. The van der Waals surface area contributed by atoms with Gasteiger partial charge in [-0.05, 0) is 0 Å². The Morgan fingerprint density at radius 2 is 1.00 bits per heavy atom. The summed E-state index contributed by atoms with van der Waals surface area (Å²) in [5.74, 6) is 0. The zero-order valence-corrected chi connectivity index (χ0v) is 18.2. The van der Waals surface area contributed by atoms with Gasteiger partial charge in [0, 0.05) is 0 Å². The van der Waals surface area contributed by atoms with Crippen LogP contribution in [-0.2, 0) is 0 Å². The van der Waals surface area contributed by atoms with E-state index in [0.29, 0.717) is 0 Å². The van der Waals surface area contributed by atoms with Crippen molar-refractivity contribution in [3.8, 4) is 0 Å². The first kappa shape index (κ1) is 22.5. The van der Waals surface area contributed by atoms with Crippen LogP contribution in [0.3, 0.4) is 0 Å². The summed E-state index contributed by atoms with van der Waals surface area (Å²) in [5, 5.41) is 1.63. The first-order valence-corrected chi connectivity index (χ1v) is 14.2. The smallest absolute Gasteiger partial charge is 0.0654 e. The largest absolute Gasteiger partial charge is 0.0806 e. The molecule has 0 nitrogen and oxygen atoms in total. The molecule has 0 aliphatic rings. The van der Waals surface area contributed by atoms with Gasteiger partial charge in [-0.25, -0.2) is 0 Å². The Labute approximate surface area is 159 Å². The second-order valence-corrected chi connectivity index (χ2v) is 13.3. The van der Waals surface area contributed by atoms with Gasteiger partial charge in [0.25, 0.3) is 0 Å². The van der Waals surface area contributed by atoms with Gasteiger partial charge >= 0.3 is 0 Å². The first-order chi connectivity index (χ1) is 12.2. The predicted molar refractivity (Wildman–Crippen MR) is 118 cm³/mol. The van der Waals surface area contributed by atoms with Gasteiger partial charge in [-0.15, -0.1) is 0 Å². The Morgan fingerprint density at radius 1 is 0.600 bits per heavy atom. The molecule has 1 aromatic rings. The topological polar surface area (TPSA) is 0 Å². The highest BCUT2D eigenvalue weighted by atomic mass is 28.3. The van der Waals surface area contributed by atoms with Crippen LogP contribution in [0.1, 0.15) is 89.9 Å². The molecule has 0 fully saturated rings. The van der Waals surface area contributed by atoms with Crippen LogP contribution in [0, 0.1) is 6.92 Å². The molecule has 1 heteroatoms. The zero-order chi connectivity index (χ0) is 18.2. The molecule has 0 spiro atoms. The van der Waals surface area contributed by atoms with Crippen molar-refractivity contribution in [1.82, 2.24) is 0 Å². The maximum absolute atomic E-state index is 3.91. The van der Waals surface area contributed by atoms with Gasteiger partial charge in [-0.1, -0.05) is 151 Å². The number of rotatable bonds is 16. The average molecular weight is 360 g/mol. The first-order valence-electron chi connectivity index (χ1n) is 11.0. The Balaban J connectivity index is 1.87. The van der Waals surface area contributed by atoms with Gasteiger partial charge in [0.1, 0.15) is 0 Å². The minimum atomic E-state index is -1.19. The molecule has 0 heterocycles. The molecule has 0 saturated carbocycles. The van der Waals surface area contributed by atoms with Crippen LogP contribution in [0.15, 0.2) is 30.3 Å². The van der Waals surface area contributed by atoms with E-state index in [1.807, 2.05) is 0 Å². The molecule has 0 N–H and O–H groups in total. The fourth-order valence-electron chi connectivity index (χ4n) is 3.72. The monoisotopic (exact) mass is 359 g/mol. The van der Waals surface area contributed by atoms with Crippen molar-refractivity contribution in [3.05, 3.63) is 37.3 Å². The Kier molecular flexibility index (Phi) is 13.1. The van der Waals surface area contributed by atoms with Crippen LogP contribution in [0.5, 0.6) is 0 Å². The summed E-state index contributed by atoms with van der Waals surface area (Å²) in [7, 11) is -1.19. The van der Waals surface area contributed by atoms with Crippen molar-refractivity contribution in [2.24, 2.45) is 0 Å². The number of hydrogen-bond donors (Lipinski definition) is 0. The molecule has 1 rings (SSSR count). The lowest BCUT2D eigenvalue weighted by Gasteiger charge is -2.22. The SMILES string of the molecule is [CH2]CCCCCCCCCCCCCCC[Si](C)(C)c1ccccc1. The molecule has 1 radical (unpaired) electrons. The molecule has 0 unspecified atom stereocenters. The van der Waals surface area contributed by atoms with E-state index in [9.17, 15) is 0 Å². The van der Waals surface area contributed by atoms with Crippen molar-refractivity contribution in [2.45, 2.75) is 109 Å². The standard InChI is InChI=1S/C24H43Si/c1-4-5-6-7-8-9-10-11-12-13-14-15-16-20-23-25(2,3)24-21-18-17-19-22-24/h17-19,21-22H,1,4-16,20,23H2,2-3H3. The van der Waals surface area contributed by atoms with E-state index in [-0.39, 0.29) is 0 Å². The van der Waals surface area contributed by atoms with Gasteiger partial charge < -0.3 is 0 Å². The minimum absolute atomic E-state index is 1.12. The molecule has 25 heavy (non-hydrogen) atoms. The summed E-state index contributed by atoms with van der Waals surface area (Å²) in [6.45, 7) is 8.97. The van der Waals surface area contributed by atoms with Gasteiger partial charge in [-0.2, -0.15) is 0 Å². The Morgan fingerprint density at radius 3 is 1.44 bits per heavy atom. The van der Waals surface area contributed by atoms with Crippen LogP contribution in [-0.4, -0.2) is 8.07 Å². The van der Waals surface area contributed by atoms with Crippen LogP contribution in [0.25, 0.3) is 0 Å². The van der Waals surface area contributed by atoms with Crippen molar-refractivity contribution >= 4 is 13.3 Å². The van der Waals surface area contributed by atoms with Crippen molar-refractivity contribution in [1.29, 1.82) is 0 Å². The Hall–Kier alpha value is -0.563. The van der Waals surface area contributed by atoms with E-state index in [0.717, 1.165) is 6.42 Å². The van der Waals surface area contributed by atoms with E-state index in [1.54, 1.807) is 5.19 Å². The second kappa shape index (κ2) is 14.6. The molecule has 0 saturated heterocycles. The van der Waals surface area contributed by atoms with E-state index in [1.165, 1.54) is 89.5 Å². The van der Waals surface area contributed by atoms with Crippen molar-refractivity contribution < 1.29 is 0 Å². The van der Waals surface area contributed by atoms with Crippen molar-refractivity contribution in [2.75, 3.05) is 0 Å². The van der Waals surface area contributed by atoms with Crippen LogP contribution >= 0.6 is 0 Å². The second-order valence-electron chi connectivity index (χ2n) is 8.45. The predicted octanol–water partition coefficient (Wildman–Crippen LogP) is 7.90. The van der Waals surface area contributed by atoms with Gasteiger partial charge in [-0.3, -0.25) is 0 Å². The van der Waals surface area contributed by atoms with Crippen LogP contribution in [0.2, 0.25) is 19.1 Å². The Bertz CT molecular complexity index is 396.